The van der Waals surface area contributed by atoms with Gasteiger partial charge in [-0.25, -0.2) is 12.8 Å². The molecule has 1 rings (SSSR count). The number of hydrogen-bond donors (Lipinski definition) is 1. The smallest absolute Gasteiger partial charge is 0.246 e. The van der Waals surface area contributed by atoms with E-state index < -0.39 is 20.7 Å². The summed E-state index contributed by atoms with van der Waals surface area (Å²) in [6.45, 7) is 4.10. The van der Waals surface area contributed by atoms with Crippen LogP contribution in [0.1, 0.15) is 20.3 Å². The number of hydrogen-bond acceptors (Lipinski definition) is 3. The second-order valence-corrected chi connectivity index (χ2v) is 7.00. The number of benzene rings is 1. The van der Waals surface area contributed by atoms with Gasteiger partial charge in [0.05, 0.1) is 15.2 Å². The summed E-state index contributed by atoms with van der Waals surface area (Å²) in [4.78, 5) is -0.492. The third-order valence-corrected chi connectivity index (χ3v) is 5.95. The SMILES string of the molecule is CCCN(CC)S(=O)(=O)c1cc(Cl)c(Br)c(N)c1F. The maximum absolute atomic E-state index is 14.1. The molecule has 0 heterocycles. The van der Waals surface area contributed by atoms with E-state index >= 15 is 0 Å². The second kappa shape index (κ2) is 6.39. The van der Waals surface area contributed by atoms with Gasteiger partial charge in [-0.1, -0.05) is 25.4 Å². The van der Waals surface area contributed by atoms with Gasteiger partial charge in [-0.3, -0.25) is 0 Å². The van der Waals surface area contributed by atoms with Crippen LogP contribution in [-0.4, -0.2) is 25.8 Å². The van der Waals surface area contributed by atoms with E-state index in [0.29, 0.717) is 13.0 Å². The maximum Gasteiger partial charge on any atom is 0.246 e. The Hall–Kier alpha value is -0.370. The topological polar surface area (TPSA) is 63.4 Å². The van der Waals surface area contributed by atoms with Gasteiger partial charge in [0.2, 0.25) is 10.0 Å². The van der Waals surface area contributed by atoms with Crippen molar-refractivity contribution in [3.05, 3.63) is 21.4 Å². The van der Waals surface area contributed by atoms with Crippen LogP contribution < -0.4 is 5.73 Å². The molecule has 0 amide bonds. The lowest BCUT2D eigenvalue weighted by Gasteiger charge is -2.21. The third-order valence-electron chi connectivity index (χ3n) is 2.60. The molecule has 2 N–H and O–H groups in total. The van der Waals surface area contributed by atoms with Gasteiger partial charge in [-0.2, -0.15) is 4.31 Å². The average Bonchev–Trinajstić information content (AvgIpc) is 2.37. The fourth-order valence-corrected chi connectivity index (χ4v) is 3.83. The summed E-state index contributed by atoms with van der Waals surface area (Å²) in [7, 11) is -3.93. The molecule has 0 aliphatic rings. The minimum absolute atomic E-state index is 0.0602. The van der Waals surface area contributed by atoms with Crippen LogP contribution in [0.15, 0.2) is 15.4 Å². The van der Waals surface area contributed by atoms with Gasteiger partial charge in [0, 0.05) is 13.1 Å². The van der Waals surface area contributed by atoms with E-state index in [9.17, 15) is 12.8 Å². The Kier molecular flexibility index (Phi) is 5.61. The quantitative estimate of drug-likeness (QED) is 0.636. The summed E-state index contributed by atoms with van der Waals surface area (Å²) in [5, 5.41) is 0.0602. The highest BCUT2D eigenvalue weighted by Crippen LogP contribution is 2.35. The van der Waals surface area contributed by atoms with Crippen molar-refractivity contribution in [1.82, 2.24) is 4.31 Å². The standard InChI is InChI=1S/C11H15BrClFN2O2S/c1-3-5-16(4-2)19(17,18)8-6-7(13)9(12)11(15)10(8)14/h6H,3-5,15H2,1-2H3. The summed E-state index contributed by atoms with van der Waals surface area (Å²) < 4.78 is 40.1. The number of sulfonamides is 1. The Morgan fingerprint density at radius 3 is 2.53 bits per heavy atom. The van der Waals surface area contributed by atoms with Gasteiger partial charge in [0.1, 0.15) is 4.90 Å². The Morgan fingerprint density at radius 1 is 1.47 bits per heavy atom. The van der Waals surface area contributed by atoms with Crippen molar-refractivity contribution < 1.29 is 12.8 Å². The number of halogens is 3. The second-order valence-electron chi connectivity index (χ2n) is 3.89. The fourth-order valence-electron chi connectivity index (χ4n) is 1.62. The molecule has 0 radical (unpaired) electrons. The van der Waals surface area contributed by atoms with Gasteiger partial charge in [0.25, 0.3) is 0 Å². The minimum Gasteiger partial charge on any atom is -0.395 e. The van der Waals surface area contributed by atoms with Gasteiger partial charge in [0.15, 0.2) is 5.82 Å². The number of nitrogens with zero attached hydrogens (tertiary/aromatic N) is 1. The molecule has 0 unspecified atom stereocenters. The molecule has 0 aliphatic heterocycles. The predicted molar refractivity (Wildman–Crippen MR) is 78.2 cm³/mol. The van der Waals surface area contributed by atoms with Crippen LogP contribution in [0.25, 0.3) is 0 Å². The summed E-state index contributed by atoms with van der Waals surface area (Å²) >= 11 is 8.86. The first-order chi connectivity index (χ1) is 8.77. The van der Waals surface area contributed by atoms with Gasteiger partial charge in [-0.05, 0) is 28.4 Å². The largest absolute Gasteiger partial charge is 0.395 e. The van der Waals surface area contributed by atoms with Crippen molar-refractivity contribution in [2.24, 2.45) is 0 Å². The maximum atomic E-state index is 14.1. The molecular formula is C11H15BrClFN2O2S. The number of nitrogen functional groups attached to an aromatic ring is 1. The lowest BCUT2D eigenvalue weighted by molar-refractivity contribution is 0.423. The van der Waals surface area contributed by atoms with Crippen molar-refractivity contribution in [2.75, 3.05) is 18.8 Å². The monoisotopic (exact) mass is 372 g/mol. The Labute approximate surface area is 125 Å². The van der Waals surface area contributed by atoms with Crippen LogP contribution >= 0.6 is 27.5 Å². The van der Waals surface area contributed by atoms with Crippen LogP contribution in [0.2, 0.25) is 5.02 Å². The highest BCUT2D eigenvalue weighted by Gasteiger charge is 2.28. The molecule has 19 heavy (non-hydrogen) atoms. The first kappa shape index (κ1) is 16.7. The highest BCUT2D eigenvalue weighted by atomic mass is 79.9. The summed E-state index contributed by atoms with van der Waals surface area (Å²) in [6, 6.07) is 1.07. The van der Waals surface area contributed by atoms with Crippen LogP contribution in [0.5, 0.6) is 0 Å². The van der Waals surface area contributed by atoms with Crippen LogP contribution in [-0.2, 0) is 10.0 Å². The molecule has 1 aromatic rings. The van der Waals surface area contributed by atoms with E-state index in [1.165, 1.54) is 4.31 Å². The fraction of sp³-hybridized carbons (Fsp3) is 0.455. The Balaban J connectivity index is 3.45. The molecule has 0 fully saturated rings. The molecule has 0 bridgehead atoms. The summed E-state index contributed by atoms with van der Waals surface area (Å²) in [5.41, 5.74) is 5.20. The van der Waals surface area contributed by atoms with Gasteiger partial charge in [-0.15, -0.1) is 0 Å². The third kappa shape index (κ3) is 3.21. The van der Waals surface area contributed by atoms with E-state index in [4.69, 9.17) is 17.3 Å². The Morgan fingerprint density at radius 2 is 2.05 bits per heavy atom. The number of rotatable bonds is 5. The lowest BCUT2D eigenvalue weighted by atomic mass is 10.3. The number of nitrogens with two attached hydrogens (primary N) is 1. The first-order valence-corrected chi connectivity index (χ1v) is 8.31. The molecular weight excluding hydrogens is 359 g/mol. The zero-order valence-corrected chi connectivity index (χ0v) is 13.7. The van der Waals surface area contributed by atoms with Crippen molar-refractivity contribution >= 4 is 43.2 Å². The Bertz CT molecular complexity index is 581. The van der Waals surface area contributed by atoms with Crippen LogP contribution in [0.3, 0.4) is 0 Å². The van der Waals surface area contributed by atoms with E-state index in [2.05, 4.69) is 15.9 Å². The molecule has 0 atom stereocenters. The molecule has 8 heteroatoms. The van der Waals surface area contributed by atoms with Crippen LogP contribution in [0, 0.1) is 5.82 Å². The lowest BCUT2D eigenvalue weighted by Crippen LogP contribution is -2.32. The van der Waals surface area contributed by atoms with Gasteiger partial charge >= 0.3 is 0 Å². The average molecular weight is 374 g/mol. The molecule has 0 spiro atoms. The molecule has 1 aromatic carbocycles. The normalized spacial score (nSPS) is 12.1. The van der Waals surface area contributed by atoms with Crippen molar-refractivity contribution in [3.8, 4) is 0 Å². The molecule has 0 aliphatic carbocycles. The highest BCUT2D eigenvalue weighted by molar-refractivity contribution is 9.10. The molecule has 0 aromatic heterocycles. The predicted octanol–water partition coefficient (Wildman–Crippen LogP) is 3.24. The summed E-state index contributed by atoms with van der Waals surface area (Å²) in [6.07, 6.45) is 0.633. The molecule has 0 saturated heterocycles. The number of anilines is 1. The van der Waals surface area contributed by atoms with Crippen molar-refractivity contribution in [3.63, 3.8) is 0 Å². The van der Waals surface area contributed by atoms with E-state index in [1.54, 1.807) is 6.92 Å². The first-order valence-electron chi connectivity index (χ1n) is 5.70. The molecule has 108 valence electrons. The van der Waals surface area contributed by atoms with E-state index in [0.717, 1.165) is 6.07 Å². The van der Waals surface area contributed by atoms with E-state index in [1.807, 2.05) is 6.92 Å². The van der Waals surface area contributed by atoms with Crippen LogP contribution in [0.4, 0.5) is 10.1 Å². The molecule has 0 saturated carbocycles. The van der Waals surface area contributed by atoms with Gasteiger partial charge < -0.3 is 5.73 Å². The zero-order chi connectivity index (χ0) is 14.8. The summed E-state index contributed by atoms with van der Waals surface area (Å²) in [5.74, 6) is -0.981. The van der Waals surface area contributed by atoms with Crippen molar-refractivity contribution in [2.45, 2.75) is 25.2 Å². The molecule has 4 nitrogen and oxygen atoms in total. The van der Waals surface area contributed by atoms with Crippen molar-refractivity contribution in [1.29, 1.82) is 0 Å². The zero-order valence-electron chi connectivity index (χ0n) is 10.6. The van der Waals surface area contributed by atoms with E-state index in [-0.39, 0.29) is 21.7 Å². The minimum atomic E-state index is -3.93.